The van der Waals surface area contributed by atoms with E-state index in [1.807, 2.05) is 0 Å². The van der Waals surface area contributed by atoms with E-state index in [0.717, 1.165) is 38.1 Å². The number of aromatic nitrogens is 3. The molecule has 0 unspecified atom stereocenters. The van der Waals surface area contributed by atoms with Crippen molar-refractivity contribution in [2.24, 2.45) is 0 Å². The van der Waals surface area contributed by atoms with Crippen LogP contribution in [0.5, 0.6) is 0 Å². The third-order valence-corrected chi connectivity index (χ3v) is 5.01. The van der Waals surface area contributed by atoms with Gasteiger partial charge in [-0.1, -0.05) is 48.0 Å². The molecule has 0 amide bonds. The fraction of sp³-hybridized carbons (Fsp3) is 0.333. The lowest BCUT2D eigenvalue weighted by molar-refractivity contribution is 0.713. The van der Waals surface area contributed by atoms with Gasteiger partial charge in [-0.2, -0.15) is 0 Å². The number of aryl methyl sites for hydroxylation is 1. The van der Waals surface area contributed by atoms with Gasteiger partial charge < -0.3 is 9.80 Å². The summed E-state index contributed by atoms with van der Waals surface area (Å²) in [5, 5.41) is 9.12. The van der Waals surface area contributed by atoms with Gasteiger partial charge in [0.1, 0.15) is 0 Å². The van der Waals surface area contributed by atoms with Crippen molar-refractivity contribution in [1.82, 2.24) is 14.8 Å². The Hall–Kier alpha value is -2.82. The van der Waals surface area contributed by atoms with Gasteiger partial charge in [0.25, 0.3) is 0 Å². The molecular formula is C21H25N5. The topological polar surface area (TPSA) is 37.2 Å². The number of rotatable bonds is 5. The molecule has 0 atom stereocenters. The van der Waals surface area contributed by atoms with Crippen LogP contribution in [-0.2, 0) is 13.1 Å². The Bertz CT molecular complexity index is 896. The summed E-state index contributed by atoms with van der Waals surface area (Å²) in [4.78, 5) is 4.57. The summed E-state index contributed by atoms with van der Waals surface area (Å²) >= 11 is 0. The highest BCUT2D eigenvalue weighted by molar-refractivity contribution is 5.60. The van der Waals surface area contributed by atoms with Crippen molar-refractivity contribution in [1.29, 1.82) is 0 Å². The maximum atomic E-state index is 4.57. The number of hydrogen-bond donors (Lipinski definition) is 0. The lowest BCUT2D eigenvalue weighted by Crippen LogP contribution is -2.32. The van der Waals surface area contributed by atoms with Crippen molar-refractivity contribution in [2.75, 3.05) is 22.9 Å². The highest BCUT2D eigenvalue weighted by Gasteiger charge is 2.28. The van der Waals surface area contributed by atoms with Crippen LogP contribution in [0.4, 0.5) is 11.9 Å². The van der Waals surface area contributed by atoms with Crippen molar-refractivity contribution in [3.05, 3.63) is 65.2 Å². The number of anilines is 2. The van der Waals surface area contributed by atoms with Crippen molar-refractivity contribution in [2.45, 2.75) is 33.9 Å². The van der Waals surface area contributed by atoms with Crippen LogP contribution in [0.1, 0.15) is 30.5 Å². The minimum Gasteiger partial charge on any atom is -0.341 e. The Labute approximate surface area is 154 Å². The molecule has 134 valence electrons. The molecule has 0 saturated heterocycles. The summed E-state index contributed by atoms with van der Waals surface area (Å²) in [6.45, 7) is 9.96. The Kier molecular flexibility index (Phi) is 4.37. The molecule has 0 saturated carbocycles. The number of hydrogen-bond acceptors (Lipinski definition) is 4. The summed E-state index contributed by atoms with van der Waals surface area (Å²) in [5.41, 5.74) is 5.08. The molecule has 1 aromatic heterocycles. The maximum Gasteiger partial charge on any atom is 0.234 e. The van der Waals surface area contributed by atoms with Gasteiger partial charge in [0.05, 0.1) is 5.69 Å². The van der Waals surface area contributed by atoms with Gasteiger partial charge in [-0.3, -0.25) is 0 Å². The molecule has 0 bridgehead atoms. The van der Waals surface area contributed by atoms with Crippen molar-refractivity contribution < 1.29 is 0 Å². The second-order valence-corrected chi connectivity index (χ2v) is 6.78. The zero-order valence-corrected chi connectivity index (χ0v) is 15.7. The monoisotopic (exact) mass is 347 g/mol. The molecule has 0 radical (unpaired) electrons. The zero-order chi connectivity index (χ0) is 18.1. The Balaban J connectivity index is 1.82. The third kappa shape index (κ3) is 2.83. The molecule has 0 spiro atoms. The summed E-state index contributed by atoms with van der Waals surface area (Å²) in [5.74, 6) is 1.85. The fourth-order valence-corrected chi connectivity index (χ4v) is 3.67. The molecule has 0 fully saturated rings. The van der Waals surface area contributed by atoms with E-state index < -0.39 is 0 Å². The van der Waals surface area contributed by atoms with Gasteiger partial charge >= 0.3 is 0 Å². The number of fused-ring (bicyclic) bond motifs is 3. The van der Waals surface area contributed by atoms with Crippen LogP contribution >= 0.6 is 0 Å². The van der Waals surface area contributed by atoms with Crippen LogP contribution in [0.15, 0.2) is 48.5 Å². The molecule has 2 aromatic carbocycles. The number of nitrogens with zero attached hydrogens (tertiary/aromatic N) is 5. The Morgan fingerprint density at radius 3 is 2.50 bits per heavy atom. The van der Waals surface area contributed by atoms with Gasteiger partial charge in [0, 0.05) is 26.2 Å². The lowest BCUT2D eigenvalue weighted by Gasteiger charge is -2.32. The summed E-state index contributed by atoms with van der Waals surface area (Å²) in [7, 11) is 0. The highest BCUT2D eigenvalue weighted by atomic mass is 15.5. The van der Waals surface area contributed by atoms with Crippen LogP contribution in [0.25, 0.3) is 5.69 Å². The average molecular weight is 347 g/mol. The van der Waals surface area contributed by atoms with Crippen LogP contribution in [0, 0.1) is 6.92 Å². The first-order valence-corrected chi connectivity index (χ1v) is 9.30. The largest absolute Gasteiger partial charge is 0.341 e. The summed E-state index contributed by atoms with van der Waals surface area (Å²) in [6.07, 6.45) is 0. The lowest BCUT2D eigenvalue weighted by atomic mass is 10.1. The van der Waals surface area contributed by atoms with Crippen LogP contribution in [0.3, 0.4) is 0 Å². The van der Waals surface area contributed by atoms with Crippen LogP contribution in [0.2, 0.25) is 0 Å². The van der Waals surface area contributed by atoms with Gasteiger partial charge in [0.15, 0.2) is 0 Å². The molecule has 2 heterocycles. The molecule has 5 heteroatoms. The fourth-order valence-electron chi connectivity index (χ4n) is 3.67. The first-order valence-electron chi connectivity index (χ1n) is 9.30. The van der Waals surface area contributed by atoms with E-state index >= 15 is 0 Å². The Morgan fingerprint density at radius 1 is 1.00 bits per heavy atom. The normalized spacial score (nSPS) is 12.7. The van der Waals surface area contributed by atoms with Crippen LogP contribution in [-0.4, -0.2) is 27.9 Å². The minimum absolute atomic E-state index is 0.824. The predicted octanol–water partition coefficient (Wildman–Crippen LogP) is 3.94. The molecule has 0 N–H and O–H groups in total. The van der Waals surface area contributed by atoms with E-state index in [1.165, 1.54) is 22.4 Å². The molecule has 3 aromatic rings. The molecule has 26 heavy (non-hydrogen) atoms. The van der Waals surface area contributed by atoms with E-state index in [0.29, 0.717) is 0 Å². The van der Waals surface area contributed by atoms with E-state index in [9.17, 15) is 0 Å². The highest BCUT2D eigenvalue weighted by Crippen LogP contribution is 2.34. The quantitative estimate of drug-likeness (QED) is 0.700. The SMILES string of the molecule is CCN(CC)c1nnc2n1-c1ccc(C)cc1CN2Cc1ccccc1. The first kappa shape index (κ1) is 16.6. The molecule has 4 rings (SSSR count). The van der Waals surface area contributed by atoms with E-state index in [1.54, 1.807) is 0 Å². The average Bonchev–Trinajstić information content (AvgIpc) is 3.09. The summed E-state index contributed by atoms with van der Waals surface area (Å²) in [6, 6.07) is 17.2. The predicted molar refractivity (Wildman–Crippen MR) is 106 cm³/mol. The van der Waals surface area contributed by atoms with Gasteiger partial charge in [-0.05, 0) is 38.0 Å². The number of benzene rings is 2. The molecule has 5 nitrogen and oxygen atoms in total. The molecular weight excluding hydrogens is 322 g/mol. The smallest absolute Gasteiger partial charge is 0.234 e. The van der Waals surface area contributed by atoms with E-state index in [2.05, 4.69) is 93.9 Å². The van der Waals surface area contributed by atoms with Crippen molar-refractivity contribution in [3.63, 3.8) is 0 Å². The van der Waals surface area contributed by atoms with Crippen molar-refractivity contribution in [3.8, 4) is 5.69 Å². The molecule has 1 aliphatic heterocycles. The second-order valence-electron chi connectivity index (χ2n) is 6.78. The van der Waals surface area contributed by atoms with Crippen LogP contribution < -0.4 is 9.80 Å². The van der Waals surface area contributed by atoms with Gasteiger partial charge in [-0.15, -0.1) is 10.2 Å². The third-order valence-electron chi connectivity index (χ3n) is 5.01. The maximum absolute atomic E-state index is 4.57. The van der Waals surface area contributed by atoms with E-state index in [-0.39, 0.29) is 0 Å². The Morgan fingerprint density at radius 2 is 1.77 bits per heavy atom. The molecule has 0 aliphatic carbocycles. The zero-order valence-electron chi connectivity index (χ0n) is 15.7. The molecule has 1 aliphatic rings. The second kappa shape index (κ2) is 6.83. The van der Waals surface area contributed by atoms with Crippen molar-refractivity contribution >= 4 is 11.9 Å². The van der Waals surface area contributed by atoms with Gasteiger partial charge in [0.2, 0.25) is 11.9 Å². The summed E-state index contributed by atoms with van der Waals surface area (Å²) < 4.78 is 2.22. The minimum atomic E-state index is 0.824. The standard InChI is InChI=1S/C21H25N5/c1-4-24(5-2)20-22-23-21-25(14-17-9-7-6-8-10-17)15-18-13-16(3)11-12-19(18)26(20)21/h6-13H,4-5,14-15H2,1-3H3. The van der Waals surface area contributed by atoms with E-state index in [4.69, 9.17) is 0 Å². The van der Waals surface area contributed by atoms with Gasteiger partial charge in [-0.25, -0.2) is 4.57 Å². The first-order chi connectivity index (χ1) is 12.7.